The van der Waals surface area contributed by atoms with Gasteiger partial charge in [-0.05, 0) is 11.5 Å². The molecule has 196 valence electrons. The van der Waals surface area contributed by atoms with Gasteiger partial charge in [-0.3, -0.25) is 14.0 Å². The molecule has 1 fully saturated rings. The summed E-state index contributed by atoms with van der Waals surface area (Å²) in [7, 11) is 0. The maximum atomic E-state index is 12.7. The van der Waals surface area contributed by atoms with Crippen LogP contribution in [0.2, 0.25) is 0 Å². The first-order valence-corrected chi connectivity index (χ1v) is 12.6. The fourth-order valence-electron chi connectivity index (χ4n) is 4.25. The van der Waals surface area contributed by atoms with Crippen LogP contribution in [0, 0.1) is 0 Å². The number of carbonyl (C=O) groups is 1. The van der Waals surface area contributed by atoms with Crippen LogP contribution in [0.5, 0.6) is 0 Å². The van der Waals surface area contributed by atoms with Gasteiger partial charge in [0.1, 0.15) is 16.8 Å². The topological polar surface area (TPSA) is 194 Å². The van der Waals surface area contributed by atoms with Crippen LogP contribution in [-0.4, -0.2) is 64.0 Å². The number of anilines is 4. The fourth-order valence-corrected chi connectivity index (χ4v) is 4.90. The molecule has 38 heavy (non-hydrogen) atoms. The zero-order chi connectivity index (χ0) is 26.2. The number of amides is 1. The monoisotopic (exact) mass is 538 g/mol. The second-order valence-electron chi connectivity index (χ2n) is 8.48. The molecule has 1 aliphatic rings. The SMILES string of the molecule is NC(=O)c1c(Nc2cc(-c3coc4c(=O)cc(N5CCOCC5)oc34)ns2)nc(NCC[NH3+])n2ccnc12. The van der Waals surface area contributed by atoms with Crippen molar-refractivity contribution >= 4 is 56.9 Å². The van der Waals surface area contributed by atoms with Gasteiger partial charge in [0.2, 0.25) is 17.0 Å². The van der Waals surface area contributed by atoms with Crippen molar-refractivity contribution in [2.24, 2.45) is 5.73 Å². The summed E-state index contributed by atoms with van der Waals surface area (Å²) in [5, 5.41) is 6.91. The van der Waals surface area contributed by atoms with Gasteiger partial charge in [-0.15, -0.1) is 0 Å². The van der Waals surface area contributed by atoms with Crippen LogP contribution in [-0.2, 0) is 4.74 Å². The lowest BCUT2D eigenvalue weighted by atomic mass is 10.2. The number of fused-ring (bicyclic) bond motifs is 2. The van der Waals surface area contributed by atoms with E-state index in [-0.39, 0.29) is 22.4 Å². The van der Waals surface area contributed by atoms with Crippen LogP contribution in [0.1, 0.15) is 10.4 Å². The average molecular weight is 539 g/mol. The number of nitrogens with two attached hydrogens (primary N) is 1. The van der Waals surface area contributed by atoms with Gasteiger partial charge >= 0.3 is 0 Å². The van der Waals surface area contributed by atoms with E-state index in [1.54, 1.807) is 22.9 Å². The molecule has 1 aliphatic heterocycles. The number of morpholine rings is 1. The number of hydrogen-bond acceptors (Lipinski definition) is 12. The van der Waals surface area contributed by atoms with Crippen molar-refractivity contribution in [1.29, 1.82) is 0 Å². The molecule has 0 unspecified atom stereocenters. The van der Waals surface area contributed by atoms with E-state index in [0.717, 1.165) is 11.5 Å². The van der Waals surface area contributed by atoms with Crippen molar-refractivity contribution in [1.82, 2.24) is 18.7 Å². The molecule has 6 rings (SSSR count). The Balaban J connectivity index is 1.36. The number of rotatable bonds is 8. The minimum absolute atomic E-state index is 0.114. The van der Waals surface area contributed by atoms with Crippen molar-refractivity contribution in [2.45, 2.75) is 0 Å². The number of hydrogen-bond donors (Lipinski definition) is 4. The largest absolute Gasteiger partial charge is 0.456 e. The van der Waals surface area contributed by atoms with E-state index >= 15 is 0 Å². The Morgan fingerprint density at radius 2 is 2.08 bits per heavy atom. The molecule has 0 saturated carbocycles. The van der Waals surface area contributed by atoms with E-state index in [9.17, 15) is 9.59 Å². The van der Waals surface area contributed by atoms with Gasteiger partial charge in [0.25, 0.3) is 5.91 Å². The molecule has 15 heteroatoms. The third-order valence-electron chi connectivity index (χ3n) is 6.03. The Morgan fingerprint density at radius 3 is 2.87 bits per heavy atom. The minimum Gasteiger partial charge on any atom is -0.456 e. The Morgan fingerprint density at radius 1 is 1.24 bits per heavy atom. The molecule has 14 nitrogen and oxygen atoms in total. The van der Waals surface area contributed by atoms with E-state index in [1.807, 2.05) is 4.90 Å². The van der Waals surface area contributed by atoms with Gasteiger partial charge < -0.3 is 40.6 Å². The van der Waals surface area contributed by atoms with E-state index in [1.165, 1.54) is 12.3 Å². The molecule has 0 radical (unpaired) electrons. The number of nitrogens with zero attached hydrogens (tertiary/aromatic N) is 5. The first kappa shape index (κ1) is 23.9. The Labute approximate surface area is 218 Å². The molecule has 1 amide bonds. The Kier molecular flexibility index (Phi) is 6.15. The normalized spacial score (nSPS) is 13.9. The first-order valence-electron chi connectivity index (χ1n) is 11.9. The summed E-state index contributed by atoms with van der Waals surface area (Å²) >= 11 is 1.14. The number of nitrogens with one attached hydrogen (secondary N) is 2. The maximum Gasteiger partial charge on any atom is 0.256 e. The molecule has 0 spiro atoms. The highest BCUT2D eigenvalue weighted by Gasteiger charge is 2.23. The van der Waals surface area contributed by atoms with Crippen molar-refractivity contribution < 1.29 is 24.1 Å². The van der Waals surface area contributed by atoms with Crippen LogP contribution >= 0.6 is 11.5 Å². The Bertz CT molecular complexity index is 1700. The molecule has 0 bridgehead atoms. The molecule has 1 saturated heterocycles. The number of primary amides is 1. The highest BCUT2D eigenvalue weighted by Crippen LogP contribution is 2.35. The summed E-state index contributed by atoms with van der Waals surface area (Å²) in [4.78, 5) is 35.9. The third-order valence-corrected chi connectivity index (χ3v) is 6.74. The lowest BCUT2D eigenvalue weighted by Gasteiger charge is -2.26. The first-order chi connectivity index (χ1) is 18.5. The quantitative estimate of drug-likeness (QED) is 0.219. The minimum atomic E-state index is -0.678. The molecule has 0 aliphatic carbocycles. The second-order valence-corrected chi connectivity index (χ2v) is 9.29. The average Bonchev–Trinajstić information content (AvgIpc) is 3.67. The molecule has 7 N–H and O–H groups in total. The third kappa shape index (κ3) is 4.21. The summed E-state index contributed by atoms with van der Waals surface area (Å²) in [6, 6.07) is 3.18. The summed E-state index contributed by atoms with van der Waals surface area (Å²) in [5.41, 5.74) is 11.2. The van der Waals surface area contributed by atoms with E-state index in [2.05, 4.69) is 30.7 Å². The van der Waals surface area contributed by atoms with Crippen molar-refractivity contribution in [3.05, 3.63) is 46.6 Å². The van der Waals surface area contributed by atoms with Gasteiger partial charge in [-0.2, -0.15) is 9.36 Å². The summed E-state index contributed by atoms with van der Waals surface area (Å²) in [5.74, 6) is 0.489. The maximum absolute atomic E-state index is 12.7. The smallest absolute Gasteiger partial charge is 0.256 e. The number of quaternary nitrogens is 1. The molecule has 6 heterocycles. The number of aromatic nitrogens is 4. The lowest BCUT2D eigenvalue weighted by Crippen LogP contribution is -2.53. The van der Waals surface area contributed by atoms with Crippen molar-refractivity contribution in [2.75, 3.05) is 54.9 Å². The standard InChI is InChI=1S/C23H23N9O5S/c24-1-2-27-23-29-21(17(20(25)34)22-26-3-4-32(22)23)28-15-9-13(30-38-15)12-11-36-19-14(33)10-16(37-18(12)19)31-5-7-35-8-6-31/h3-4,9-11,28H,1-2,5-8,24H2,(H2,25,34)(H,27,29)/p+1. The van der Waals surface area contributed by atoms with Gasteiger partial charge in [-0.25, -0.2) is 4.98 Å². The highest BCUT2D eigenvalue weighted by molar-refractivity contribution is 7.10. The lowest BCUT2D eigenvalue weighted by molar-refractivity contribution is -0.362. The number of carbonyl (C=O) groups excluding carboxylic acids is 1. The summed E-state index contributed by atoms with van der Waals surface area (Å²) in [6.45, 7) is 3.56. The molecule has 0 aromatic carbocycles. The second kappa shape index (κ2) is 9.77. The Hall–Kier alpha value is -4.47. The zero-order valence-electron chi connectivity index (χ0n) is 20.1. The summed E-state index contributed by atoms with van der Waals surface area (Å²) in [6.07, 6.45) is 4.70. The zero-order valence-corrected chi connectivity index (χ0v) is 20.9. The molecule has 0 atom stereocenters. The van der Waals surface area contributed by atoms with Crippen molar-refractivity contribution in [3.63, 3.8) is 0 Å². The van der Waals surface area contributed by atoms with Crippen LogP contribution in [0.25, 0.3) is 28.1 Å². The van der Waals surface area contributed by atoms with Gasteiger partial charge in [0.05, 0.1) is 43.6 Å². The van der Waals surface area contributed by atoms with E-state index in [4.69, 9.17) is 19.3 Å². The predicted molar refractivity (Wildman–Crippen MR) is 140 cm³/mol. The van der Waals surface area contributed by atoms with Gasteiger partial charge in [-0.1, -0.05) is 0 Å². The van der Waals surface area contributed by atoms with Crippen LogP contribution in [0.3, 0.4) is 0 Å². The number of furan rings is 1. The predicted octanol–water partition coefficient (Wildman–Crippen LogP) is 0.885. The molecular formula is C23H24N9O5S+. The number of imidazole rings is 1. The number of ether oxygens (including phenoxy) is 1. The van der Waals surface area contributed by atoms with E-state index < -0.39 is 5.91 Å². The van der Waals surface area contributed by atoms with E-state index in [0.29, 0.717) is 78.7 Å². The van der Waals surface area contributed by atoms with Crippen LogP contribution in [0.15, 0.2) is 44.4 Å². The molecule has 5 aromatic heterocycles. The fraction of sp³-hybridized carbons (Fsp3) is 0.261. The van der Waals surface area contributed by atoms with Crippen molar-refractivity contribution in [3.8, 4) is 11.3 Å². The van der Waals surface area contributed by atoms with Crippen LogP contribution in [0.4, 0.5) is 22.7 Å². The highest BCUT2D eigenvalue weighted by atomic mass is 32.1. The van der Waals surface area contributed by atoms with Crippen LogP contribution < -0.4 is 32.4 Å². The molecule has 5 aromatic rings. The summed E-state index contributed by atoms with van der Waals surface area (Å²) < 4.78 is 23.2. The van der Waals surface area contributed by atoms with Gasteiger partial charge in [0, 0.05) is 31.5 Å². The van der Waals surface area contributed by atoms with Gasteiger partial charge in [0.15, 0.2) is 22.9 Å². The molecular weight excluding hydrogens is 514 g/mol.